The molecule has 0 saturated heterocycles. The topological polar surface area (TPSA) is 58.2 Å². The van der Waals surface area contributed by atoms with Gasteiger partial charge in [-0.2, -0.15) is 0 Å². The number of rotatable bonds is 4. The first-order valence-corrected chi connectivity index (χ1v) is 10.5. The number of esters is 1. The molecular weight excluding hydrogens is 386 g/mol. The highest BCUT2D eigenvalue weighted by Crippen LogP contribution is 2.47. The predicted octanol–water partition coefficient (Wildman–Crippen LogP) is 3.62. The molecule has 0 bridgehead atoms. The number of ether oxygens (including phenoxy) is 1. The third kappa shape index (κ3) is 3.21. The molecule has 154 valence electrons. The molecule has 4 rings (SSSR count). The van der Waals surface area contributed by atoms with Crippen LogP contribution < -0.4 is 16.0 Å². The Hall–Kier alpha value is -2.08. The van der Waals surface area contributed by atoms with Gasteiger partial charge < -0.3 is 4.74 Å². The first-order chi connectivity index (χ1) is 13.8. The van der Waals surface area contributed by atoms with Crippen molar-refractivity contribution in [3.63, 3.8) is 0 Å². The normalized spacial score (nSPS) is 19.1. The van der Waals surface area contributed by atoms with Crippen LogP contribution in [0, 0.1) is 12.3 Å². The lowest BCUT2D eigenvalue weighted by Crippen LogP contribution is -2.87. The smallest absolute Gasteiger partial charge is 0.312 e. The average molecular weight is 415 g/mol. The van der Waals surface area contributed by atoms with Gasteiger partial charge in [0.25, 0.3) is 0 Å². The van der Waals surface area contributed by atoms with Crippen LogP contribution in [0.2, 0.25) is 0 Å². The summed E-state index contributed by atoms with van der Waals surface area (Å²) in [6.45, 7) is 6.06. The van der Waals surface area contributed by atoms with Gasteiger partial charge in [-0.05, 0) is 61.9 Å². The van der Waals surface area contributed by atoms with Gasteiger partial charge in [0.15, 0.2) is 5.69 Å². The monoisotopic (exact) mass is 414 g/mol. The predicted molar refractivity (Wildman–Crippen MR) is 115 cm³/mol. The number of quaternary nitrogens is 1. The van der Waals surface area contributed by atoms with Crippen LogP contribution in [0.15, 0.2) is 30.3 Å². The van der Waals surface area contributed by atoms with Crippen LogP contribution in [0.3, 0.4) is 0 Å². The van der Waals surface area contributed by atoms with Crippen LogP contribution in [0.4, 0.5) is 11.4 Å². The first-order valence-electron chi connectivity index (χ1n) is 10.1. The minimum Gasteiger partial charge on any atom is -0.469 e. The molecule has 0 aromatic heterocycles. The van der Waals surface area contributed by atoms with Gasteiger partial charge in [0.1, 0.15) is 5.69 Å². The molecule has 0 amide bonds. The lowest BCUT2D eigenvalue weighted by atomic mass is 9.69. The molecule has 1 aliphatic carbocycles. The van der Waals surface area contributed by atoms with E-state index in [0.717, 1.165) is 35.3 Å². The Labute approximate surface area is 177 Å². The third-order valence-electron chi connectivity index (χ3n) is 6.55. The van der Waals surface area contributed by atoms with E-state index in [-0.39, 0.29) is 17.3 Å². The SMILES string of the molecule is COC(=O)C(C)(C)C(c1ccc2c(c1)C(Cl)CC2)c1ccc2c(c1C)[NH2+]NN2C. The molecule has 1 heterocycles. The van der Waals surface area contributed by atoms with E-state index in [9.17, 15) is 4.79 Å². The van der Waals surface area contributed by atoms with E-state index in [1.54, 1.807) is 0 Å². The zero-order chi connectivity index (χ0) is 20.9. The highest BCUT2D eigenvalue weighted by molar-refractivity contribution is 6.21. The highest BCUT2D eigenvalue weighted by atomic mass is 35.5. The van der Waals surface area contributed by atoms with Crippen molar-refractivity contribution in [2.45, 2.75) is 44.9 Å². The number of methoxy groups -OCH3 is 1. The molecule has 0 spiro atoms. The second kappa shape index (κ2) is 7.31. The average Bonchev–Trinajstić information content (AvgIpc) is 3.26. The van der Waals surface area contributed by atoms with E-state index in [4.69, 9.17) is 16.3 Å². The fourth-order valence-corrected chi connectivity index (χ4v) is 5.18. The Morgan fingerprint density at radius 1 is 1.34 bits per heavy atom. The Morgan fingerprint density at radius 3 is 2.83 bits per heavy atom. The molecule has 0 radical (unpaired) electrons. The first kappa shape index (κ1) is 20.2. The minimum atomic E-state index is -0.736. The van der Waals surface area contributed by atoms with Gasteiger partial charge in [-0.1, -0.05) is 29.8 Å². The van der Waals surface area contributed by atoms with Gasteiger partial charge in [-0.3, -0.25) is 9.80 Å². The Bertz CT molecular complexity index is 973. The van der Waals surface area contributed by atoms with Crippen LogP contribution in [0.5, 0.6) is 0 Å². The lowest BCUT2D eigenvalue weighted by molar-refractivity contribution is -0.625. The third-order valence-corrected chi connectivity index (χ3v) is 7.00. The summed E-state index contributed by atoms with van der Waals surface area (Å²) in [6.07, 6.45) is 1.98. The van der Waals surface area contributed by atoms with Crippen LogP contribution in [-0.2, 0) is 16.0 Å². The Kier molecular flexibility index (Phi) is 5.09. The zero-order valence-corrected chi connectivity index (χ0v) is 18.4. The number of nitrogens with zero attached hydrogens (tertiary/aromatic N) is 1. The van der Waals surface area contributed by atoms with Crippen molar-refractivity contribution in [2.75, 3.05) is 19.2 Å². The number of hydrogen-bond donors (Lipinski definition) is 2. The number of hydrogen-bond acceptors (Lipinski definition) is 4. The molecule has 2 atom stereocenters. The van der Waals surface area contributed by atoms with E-state index >= 15 is 0 Å². The molecule has 2 aromatic carbocycles. The van der Waals surface area contributed by atoms with E-state index < -0.39 is 5.41 Å². The number of alkyl halides is 1. The van der Waals surface area contributed by atoms with Gasteiger partial charge in [-0.25, -0.2) is 5.43 Å². The largest absolute Gasteiger partial charge is 0.469 e. The second-order valence-corrected chi connectivity index (χ2v) is 9.18. The fraction of sp³-hybridized carbons (Fsp3) is 0.435. The maximum atomic E-state index is 12.8. The van der Waals surface area contributed by atoms with Crippen molar-refractivity contribution in [3.05, 3.63) is 58.1 Å². The number of nitrogens with two attached hydrogens (primary N) is 1. The van der Waals surface area contributed by atoms with Crippen LogP contribution in [0.1, 0.15) is 59.4 Å². The lowest BCUT2D eigenvalue weighted by Gasteiger charge is -2.34. The van der Waals surface area contributed by atoms with Gasteiger partial charge in [0, 0.05) is 18.5 Å². The number of nitrogens with one attached hydrogen (secondary N) is 1. The summed E-state index contributed by atoms with van der Waals surface area (Å²) in [5, 5.41) is 2.04. The number of fused-ring (bicyclic) bond motifs is 2. The van der Waals surface area contributed by atoms with Crippen molar-refractivity contribution < 1.29 is 15.0 Å². The molecule has 5 nitrogen and oxygen atoms in total. The fourth-order valence-electron chi connectivity index (χ4n) is 4.87. The Balaban J connectivity index is 1.90. The van der Waals surface area contributed by atoms with Crippen molar-refractivity contribution in [1.82, 2.24) is 5.53 Å². The van der Waals surface area contributed by atoms with E-state index in [2.05, 4.69) is 42.8 Å². The summed E-state index contributed by atoms with van der Waals surface area (Å²) in [7, 11) is 3.46. The number of hydrazine groups is 1. The molecule has 3 N–H and O–H groups in total. The van der Waals surface area contributed by atoms with Gasteiger partial charge in [0.2, 0.25) is 0 Å². The van der Waals surface area contributed by atoms with E-state index in [1.807, 2.05) is 31.3 Å². The zero-order valence-electron chi connectivity index (χ0n) is 17.7. The summed E-state index contributed by atoms with van der Waals surface area (Å²) in [5.41, 5.74) is 12.7. The number of carbonyl (C=O) groups is 1. The van der Waals surface area contributed by atoms with Crippen molar-refractivity contribution in [2.24, 2.45) is 5.41 Å². The molecule has 1 aliphatic heterocycles. The van der Waals surface area contributed by atoms with Crippen LogP contribution >= 0.6 is 11.6 Å². The van der Waals surface area contributed by atoms with Crippen molar-refractivity contribution in [1.29, 1.82) is 0 Å². The van der Waals surface area contributed by atoms with Crippen molar-refractivity contribution >= 4 is 28.9 Å². The Morgan fingerprint density at radius 2 is 2.10 bits per heavy atom. The van der Waals surface area contributed by atoms with Gasteiger partial charge in [-0.15, -0.1) is 11.6 Å². The molecule has 6 heteroatoms. The van der Waals surface area contributed by atoms with Crippen molar-refractivity contribution in [3.8, 4) is 0 Å². The van der Waals surface area contributed by atoms with Crippen LogP contribution in [-0.4, -0.2) is 20.1 Å². The highest BCUT2D eigenvalue weighted by Gasteiger charge is 2.42. The van der Waals surface area contributed by atoms with Gasteiger partial charge >= 0.3 is 5.97 Å². The summed E-state index contributed by atoms with van der Waals surface area (Å²) in [6, 6.07) is 10.8. The van der Waals surface area contributed by atoms with Crippen LogP contribution in [0.25, 0.3) is 0 Å². The molecule has 0 saturated carbocycles. The molecule has 29 heavy (non-hydrogen) atoms. The summed E-state index contributed by atoms with van der Waals surface area (Å²) in [4.78, 5) is 12.8. The number of halogens is 1. The van der Waals surface area contributed by atoms with Gasteiger partial charge in [0.05, 0.1) is 17.9 Å². The molecular formula is C23H29ClN3O2+. The number of aryl methyl sites for hydroxylation is 1. The van der Waals surface area contributed by atoms with E-state index in [1.165, 1.54) is 23.8 Å². The molecule has 0 fully saturated rings. The quantitative estimate of drug-likeness (QED) is 0.347. The molecule has 2 unspecified atom stereocenters. The number of carbonyl (C=O) groups excluding carboxylic acids is 1. The summed E-state index contributed by atoms with van der Waals surface area (Å²) < 4.78 is 5.21. The van der Waals surface area contributed by atoms with E-state index in [0.29, 0.717) is 0 Å². The number of anilines is 1. The molecule has 2 aromatic rings. The summed E-state index contributed by atoms with van der Waals surface area (Å²) in [5.74, 6) is -0.362. The minimum absolute atomic E-state index is 0.0409. The maximum absolute atomic E-state index is 12.8. The number of benzene rings is 2. The summed E-state index contributed by atoms with van der Waals surface area (Å²) >= 11 is 6.58. The maximum Gasteiger partial charge on any atom is 0.312 e. The second-order valence-electron chi connectivity index (χ2n) is 8.66. The molecule has 2 aliphatic rings. The standard InChI is InChI=1S/C23H28ClN3O2/c1-13-16(9-11-19-21(13)25-26-27(19)4)20(23(2,3)22(28)29-5)15-7-6-14-8-10-18(24)17(14)12-15/h6-7,9,11-12,18,20,25-26H,8,10H2,1-5H3/p+1.